The van der Waals surface area contributed by atoms with Gasteiger partial charge in [-0.25, -0.2) is 0 Å². The number of rotatable bonds is 4. The normalized spacial score (nSPS) is 17.5. The van der Waals surface area contributed by atoms with Gasteiger partial charge in [0.15, 0.2) is 0 Å². The minimum absolute atomic E-state index is 0.129. The number of ether oxygens (including phenoxy) is 1. The molecular formula is C17H19N3O2. The van der Waals surface area contributed by atoms with Crippen LogP contribution in [0.1, 0.15) is 16.8 Å². The van der Waals surface area contributed by atoms with Crippen LogP contribution in [0.25, 0.3) is 0 Å². The van der Waals surface area contributed by atoms with Crippen LogP contribution in [0, 0.1) is 0 Å². The molecule has 5 nitrogen and oxygen atoms in total. The molecule has 0 spiro atoms. The molecule has 0 bridgehead atoms. The molecule has 1 aromatic carbocycles. The second-order valence-corrected chi connectivity index (χ2v) is 5.34. The number of carbonyl (C=O) groups excluding carboxylic acids is 1. The summed E-state index contributed by atoms with van der Waals surface area (Å²) in [6.07, 6.45) is 4.64. The van der Waals surface area contributed by atoms with Gasteiger partial charge >= 0.3 is 0 Å². The SMILES string of the molecule is COC1CCN(c2ccc(C(=O)Nc3cccnc3)cc2)C1. The van der Waals surface area contributed by atoms with Crippen LogP contribution < -0.4 is 10.2 Å². The van der Waals surface area contributed by atoms with Gasteiger partial charge in [0.05, 0.1) is 18.0 Å². The van der Waals surface area contributed by atoms with Gasteiger partial charge in [-0.05, 0) is 42.8 Å². The summed E-state index contributed by atoms with van der Waals surface area (Å²) >= 11 is 0. The number of hydrogen-bond acceptors (Lipinski definition) is 4. The molecule has 5 heteroatoms. The Bertz CT molecular complexity index is 628. The maximum atomic E-state index is 12.2. The highest BCUT2D eigenvalue weighted by molar-refractivity contribution is 6.04. The van der Waals surface area contributed by atoms with E-state index in [2.05, 4.69) is 15.2 Å². The Morgan fingerprint density at radius 1 is 1.32 bits per heavy atom. The average Bonchev–Trinajstić information content (AvgIpc) is 3.05. The molecule has 2 aromatic rings. The number of nitrogens with zero attached hydrogens (tertiary/aromatic N) is 2. The average molecular weight is 297 g/mol. The Morgan fingerprint density at radius 3 is 2.77 bits per heavy atom. The first kappa shape index (κ1) is 14.5. The molecule has 1 atom stereocenters. The third-order valence-electron chi connectivity index (χ3n) is 3.89. The van der Waals surface area contributed by atoms with E-state index in [-0.39, 0.29) is 5.91 Å². The topological polar surface area (TPSA) is 54.5 Å². The lowest BCUT2D eigenvalue weighted by Crippen LogP contribution is -2.22. The summed E-state index contributed by atoms with van der Waals surface area (Å²) in [5.74, 6) is -0.129. The van der Waals surface area contributed by atoms with Crippen molar-refractivity contribution >= 4 is 17.3 Å². The van der Waals surface area contributed by atoms with Crippen LogP contribution in [0.3, 0.4) is 0 Å². The first-order chi connectivity index (χ1) is 10.8. The summed E-state index contributed by atoms with van der Waals surface area (Å²) in [4.78, 5) is 18.4. The van der Waals surface area contributed by atoms with E-state index in [0.717, 1.165) is 25.2 Å². The van der Waals surface area contributed by atoms with Gasteiger partial charge in [-0.1, -0.05) is 0 Å². The molecule has 1 fully saturated rings. The Morgan fingerprint density at radius 2 is 2.14 bits per heavy atom. The fourth-order valence-electron chi connectivity index (χ4n) is 2.62. The molecular weight excluding hydrogens is 278 g/mol. The second-order valence-electron chi connectivity index (χ2n) is 5.34. The predicted octanol–water partition coefficient (Wildman–Crippen LogP) is 2.56. The van der Waals surface area contributed by atoms with Crippen molar-refractivity contribution in [3.63, 3.8) is 0 Å². The van der Waals surface area contributed by atoms with Gasteiger partial charge in [0.1, 0.15) is 0 Å². The molecule has 114 valence electrons. The van der Waals surface area contributed by atoms with Crippen LogP contribution in [0.15, 0.2) is 48.8 Å². The number of nitrogens with one attached hydrogen (secondary N) is 1. The molecule has 3 rings (SSSR count). The molecule has 1 saturated heterocycles. The second kappa shape index (κ2) is 6.58. The van der Waals surface area contributed by atoms with E-state index in [1.165, 1.54) is 0 Å². The number of hydrogen-bond donors (Lipinski definition) is 1. The van der Waals surface area contributed by atoms with Gasteiger partial charge < -0.3 is 15.0 Å². The maximum Gasteiger partial charge on any atom is 0.255 e. The summed E-state index contributed by atoms with van der Waals surface area (Å²) in [6, 6.07) is 11.3. The minimum atomic E-state index is -0.129. The predicted molar refractivity (Wildman–Crippen MR) is 86.3 cm³/mol. The molecule has 1 aromatic heterocycles. The van der Waals surface area contributed by atoms with Crippen molar-refractivity contribution in [1.82, 2.24) is 4.98 Å². The van der Waals surface area contributed by atoms with Crippen molar-refractivity contribution in [3.8, 4) is 0 Å². The molecule has 22 heavy (non-hydrogen) atoms. The summed E-state index contributed by atoms with van der Waals surface area (Å²) in [6.45, 7) is 1.89. The monoisotopic (exact) mass is 297 g/mol. The molecule has 0 aliphatic carbocycles. The van der Waals surface area contributed by atoms with E-state index in [9.17, 15) is 4.79 Å². The zero-order valence-electron chi connectivity index (χ0n) is 12.5. The third-order valence-corrected chi connectivity index (χ3v) is 3.89. The quantitative estimate of drug-likeness (QED) is 0.942. The van der Waals surface area contributed by atoms with Crippen LogP contribution in [0.4, 0.5) is 11.4 Å². The van der Waals surface area contributed by atoms with Crippen molar-refractivity contribution in [2.45, 2.75) is 12.5 Å². The van der Waals surface area contributed by atoms with Crippen LogP contribution in [0.5, 0.6) is 0 Å². The highest BCUT2D eigenvalue weighted by Crippen LogP contribution is 2.22. The molecule has 1 N–H and O–H groups in total. The van der Waals surface area contributed by atoms with Gasteiger partial charge in [0.2, 0.25) is 0 Å². The first-order valence-corrected chi connectivity index (χ1v) is 7.35. The molecule has 1 aliphatic rings. The van der Waals surface area contributed by atoms with E-state index in [1.807, 2.05) is 30.3 Å². The lowest BCUT2D eigenvalue weighted by atomic mass is 10.2. The maximum absolute atomic E-state index is 12.2. The fourth-order valence-corrected chi connectivity index (χ4v) is 2.62. The smallest absolute Gasteiger partial charge is 0.255 e. The lowest BCUT2D eigenvalue weighted by Gasteiger charge is -2.18. The minimum Gasteiger partial charge on any atom is -0.380 e. The van der Waals surface area contributed by atoms with Crippen molar-refractivity contribution < 1.29 is 9.53 Å². The van der Waals surface area contributed by atoms with Crippen molar-refractivity contribution in [1.29, 1.82) is 0 Å². The van der Waals surface area contributed by atoms with Crippen molar-refractivity contribution in [3.05, 3.63) is 54.4 Å². The number of carbonyl (C=O) groups is 1. The van der Waals surface area contributed by atoms with Gasteiger partial charge in [-0.3, -0.25) is 9.78 Å². The van der Waals surface area contributed by atoms with Gasteiger partial charge in [-0.15, -0.1) is 0 Å². The Hall–Kier alpha value is -2.40. The molecule has 1 unspecified atom stereocenters. The number of aromatic nitrogens is 1. The largest absolute Gasteiger partial charge is 0.380 e. The molecule has 2 heterocycles. The third kappa shape index (κ3) is 3.26. The summed E-state index contributed by atoms with van der Waals surface area (Å²) in [5, 5.41) is 2.83. The Kier molecular flexibility index (Phi) is 4.34. The number of methoxy groups -OCH3 is 1. The molecule has 0 radical (unpaired) electrons. The summed E-state index contributed by atoms with van der Waals surface area (Å²) < 4.78 is 5.38. The van der Waals surface area contributed by atoms with Crippen LogP contribution in [-0.4, -0.2) is 37.2 Å². The fraction of sp³-hybridized carbons (Fsp3) is 0.294. The van der Waals surface area contributed by atoms with Gasteiger partial charge in [-0.2, -0.15) is 0 Å². The van der Waals surface area contributed by atoms with Crippen LogP contribution in [0.2, 0.25) is 0 Å². The summed E-state index contributed by atoms with van der Waals surface area (Å²) in [5.41, 5.74) is 2.45. The Labute approximate surface area is 129 Å². The van der Waals surface area contributed by atoms with E-state index in [1.54, 1.807) is 25.6 Å². The zero-order valence-corrected chi connectivity index (χ0v) is 12.5. The molecule has 1 aliphatic heterocycles. The molecule has 0 saturated carbocycles. The highest BCUT2D eigenvalue weighted by atomic mass is 16.5. The standard InChI is InChI=1S/C17H19N3O2/c1-22-16-8-10-20(12-16)15-6-4-13(5-7-15)17(21)19-14-3-2-9-18-11-14/h2-7,9,11,16H,8,10,12H2,1H3,(H,19,21). The van der Waals surface area contributed by atoms with E-state index >= 15 is 0 Å². The van der Waals surface area contributed by atoms with E-state index < -0.39 is 0 Å². The zero-order chi connectivity index (χ0) is 15.4. The number of amides is 1. The number of pyridine rings is 1. The highest BCUT2D eigenvalue weighted by Gasteiger charge is 2.22. The number of benzene rings is 1. The van der Waals surface area contributed by atoms with E-state index in [0.29, 0.717) is 17.4 Å². The summed E-state index contributed by atoms with van der Waals surface area (Å²) in [7, 11) is 1.75. The van der Waals surface area contributed by atoms with Gasteiger partial charge in [0.25, 0.3) is 5.91 Å². The lowest BCUT2D eigenvalue weighted by molar-refractivity contribution is 0.102. The van der Waals surface area contributed by atoms with Crippen LogP contribution >= 0.6 is 0 Å². The van der Waals surface area contributed by atoms with Crippen molar-refractivity contribution in [2.24, 2.45) is 0 Å². The van der Waals surface area contributed by atoms with E-state index in [4.69, 9.17) is 4.74 Å². The Balaban J connectivity index is 1.65. The van der Waals surface area contributed by atoms with Crippen molar-refractivity contribution in [2.75, 3.05) is 30.4 Å². The van der Waals surface area contributed by atoms with Gasteiger partial charge in [0, 0.05) is 37.6 Å². The molecule has 1 amide bonds. The van der Waals surface area contributed by atoms with Crippen LogP contribution in [-0.2, 0) is 4.74 Å². The first-order valence-electron chi connectivity index (χ1n) is 7.35. The number of anilines is 2.